The molecule has 2 aromatic carbocycles. The second-order valence-electron chi connectivity index (χ2n) is 6.28. The fourth-order valence-corrected chi connectivity index (χ4v) is 2.87. The highest BCUT2D eigenvalue weighted by molar-refractivity contribution is 6.02. The number of aromatic nitrogens is 6. The molecule has 4 rings (SSSR count). The number of aryl methyl sites for hydroxylation is 1. The maximum atomic E-state index is 12.8. The summed E-state index contributed by atoms with van der Waals surface area (Å²) in [5.74, 6) is 0.636. The first-order valence-electron chi connectivity index (χ1n) is 8.97. The zero-order valence-electron chi connectivity index (χ0n) is 16.2. The standard InChI is InChI=1S/C20H17N7O3/c1-13-22-24-25-26(13)17-12-14(8-10-18(17)30-2)21-20(29)16-9-11-19(28)27(23-16)15-6-4-3-5-7-15/h3-12H,1-2H3,(H,21,29). The van der Waals surface area contributed by atoms with Gasteiger partial charge in [-0.1, -0.05) is 18.2 Å². The first-order valence-corrected chi connectivity index (χ1v) is 8.97. The van der Waals surface area contributed by atoms with Gasteiger partial charge in [-0.3, -0.25) is 9.59 Å². The third-order valence-electron chi connectivity index (χ3n) is 4.32. The molecule has 0 aliphatic heterocycles. The van der Waals surface area contributed by atoms with E-state index in [-0.39, 0.29) is 11.3 Å². The quantitative estimate of drug-likeness (QED) is 0.540. The number of ether oxygens (including phenoxy) is 1. The topological polar surface area (TPSA) is 117 Å². The number of hydrogen-bond donors (Lipinski definition) is 1. The van der Waals surface area contributed by atoms with Gasteiger partial charge in [0.25, 0.3) is 11.5 Å². The second kappa shape index (κ2) is 7.95. The molecule has 2 aromatic heterocycles. The molecule has 150 valence electrons. The van der Waals surface area contributed by atoms with Crippen molar-refractivity contribution in [2.45, 2.75) is 6.92 Å². The molecule has 0 saturated carbocycles. The SMILES string of the molecule is COc1ccc(NC(=O)c2ccc(=O)n(-c3ccccc3)n2)cc1-n1nnnc1C. The zero-order chi connectivity index (χ0) is 21.1. The van der Waals surface area contributed by atoms with Crippen LogP contribution in [0.3, 0.4) is 0 Å². The molecule has 1 N–H and O–H groups in total. The summed E-state index contributed by atoms with van der Waals surface area (Å²) in [7, 11) is 1.54. The van der Waals surface area contributed by atoms with Gasteiger partial charge in [0, 0.05) is 11.8 Å². The van der Waals surface area contributed by atoms with E-state index in [9.17, 15) is 9.59 Å². The van der Waals surface area contributed by atoms with Gasteiger partial charge in [0.15, 0.2) is 5.82 Å². The monoisotopic (exact) mass is 403 g/mol. The fraction of sp³-hybridized carbons (Fsp3) is 0.100. The normalized spacial score (nSPS) is 10.6. The number of amides is 1. The Balaban J connectivity index is 1.65. The Morgan fingerprint density at radius 3 is 2.53 bits per heavy atom. The number of para-hydroxylation sites is 1. The van der Waals surface area contributed by atoms with Crippen molar-refractivity contribution >= 4 is 11.6 Å². The number of hydrogen-bond acceptors (Lipinski definition) is 7. The van der Waals surface area contributed by atoms with E-state index in [1.54, 1.807) is 49.4 Å². The van der Waals surface area contributed by atoms with Gasteiger partial charge in [-0.05, 0) is 53.7 Å². The maximum Gasteiger partial charge on any atom is 0.276 e. The number of nitrogens with one attached hydrogen (secondary N) is 1. The molecule has 0 saturated heterocycles. The van der Waals surface area contributed by atoms with Crippen molar-refractivity contribution in [2.75, 3.05) is 12.4 Å². The van der Waals surface area contributed by atoms with Gasteiger partial charge >= 0.3 is 0 Å². The van der Waals surface area contributed by atoms with Crippen molar-refractivity contribution < 1.29 is 9.53 Å². The fourth-order valence-electron chi connectivity index (χ4n) is 2.87. The summed E-state index contributed by atoms with van der Waals surface area (Å²) >= 11 is 0. The number of carbonyl (C=O) groups is 1. The molecule has 0 aliphatic rings. The molecule has 4 aromatic rings. The third-order valence-corrected chi connectivity index (χ3v) is 4.32. The van der Waals surface area contributed by atoms with Gasteiger partial charge in [0.1, 0.15) is 17.1 Å². The van der Waals surface area contributed by atoms with Crippen molar-refractivity contribution in [3.63, 3.8) is 0 Å². The Hall–Kier alpha value is -4.34. The molecule has 0 unspecified atom stereocenters. The minimum atomic E-state index is -0.468. The average molecular weight is 403 g/mol. The van der Waals surface area contributed by atoms with Crippen LogP contribution in [0.1, 0.15) is 16.3 Å². The molecule has 0 atom stereocenters. The van der Waals surface area contributed by atoms with Gasteiger partial charge in [-0.15, -0.1) is 5.10 Å². The minimum absolute atomic E-state index is 0.0921. The minimum Gasteiger partial charge on any atom is -0.494 e. The molecule has 10 nitrogen and oxygen atoms in total. The summed E-state index contributed by atoms with van der Waals surface area (Å²) in [5, 5.41) is 18.4. The molecular weight excluding hydrogens is 386 g/mol. The summed E-state index contributed by atoms with van der Waals surface area (Å²) in [4.78, 5) is 24.9. The highest BCUT2D eigenvalue weighted by atomic mass is 16.5. The summed E-state index contributed by atoms with van der Waals surface area (Å²) in [5.41, 5.74) is 1.39. The highest BCUT2D eigenvalue weighted by Crippen LogP contribution is 2.26. The summed E-state index contributed by atoms with van der Waals surface area (Å²) in [6, 6.07) is 16.6. The van der Waals surface area contributed by atoms with Gasteiger partial charge in [0.2, 0.25) is 0 Å². The molecule has 0 fully saturated rings. The third kappa shape index (κ3) is 3.65. The van der Waals surface area contributed by atoms with E-state index in [1.165, 1.54) is 28.6 Å². The summed E-state index contributed by atoms with van der Waals surface area (Å²) in [6.45, 7) is 1.75. The predicted octanol–water partition coefficient (Wildman–Crippen LogP) is 1.78. The molecule has 0 spiro atoms. The molecule has 10 heteroatoms. The van der Waals surface area contributed by atoms with Crippen LogP contribution in [-0.4, -0.2) is 43.0 Å². The Morgan fingerprint density at radius 2 is 1.83 bits per heavy atom. The lowest BCUT2D eigenvalue weighted by molar-refractivity contribution is 0.102. The Bertz CT molecular complexity index is 1260. The summed E-state index contributed by atoms with van der Waals surface area (Å²) < 4.78 is 8.05. The lowest BCUT2D eigenvalue weighted by Gasteiger charge is -2.12. The van der Waals surface area contributed by atoms with E-state index in [2.05, 4.69) is 25.9 Å². The zero-order valence-corrected chi connectivity index (χ0v) is 16.2. The van der Waals surface area contributed by atoms with Gasteiger partial charge in [-0.25, -0.2) is 0 Å². The van der Waals surface area contributed by atoms with Gasteiger partial charge in [0.05, 0.1) is 12.8 Å². The molecule has 0 bridgehead atoms. The van der Waals surface area contributed by atoms with Crippen molar-refractivity contribution in [2.24, 2.45) is 0 Å². The molecule has 0 aliphatic carbocycles. The predicted molar refractivity (Wildman–Crippen MR) is 108 cm³/mol. The van der Waals surface area contributed by atoms with E-state index < -0.39 is 5.91 Å². The number of benzene rings is 2. The first-order chi connectivity index (χ1) is 14.6. The molecule has 1 amide bonds. The summed E-state index contributed by atoms with van der Waals surface area (Å²) in [6.07, 6.45) is 0. The van der Waals surface area contributed by atoms with Gasteiger partial charge in [-0.2, -0.15) is 14.5 Å². The van der Waals surface area contributed by atoms with Crippen LogP contribution >= 0.6 is 0 Å². The Kier molecular flexibility index (Phi) is 5.04. The van der Waals surface area contributed by atoms with Crippen molar-refractivity contribution in [1.82, 2.24) is 30.0 Å². The van der Waals surface area contributed by atoms with E-state index in [4.69, 9.17) is 4.74 Å². The smallest absolute Gasteiger partial charge is 0.276 e. The van der Waals surface area contributed by atoms with Crippen molar-refractivity contribution in [3.8, 4) is 17.1 Å². The number of methoxy groups -OCH3 is 1. The van der Waals surface area contributed by atoms with E-state index in [1.807, 2.05) is 6.07 Å². The van der Waals surface area contributed by atoms with E-state index in [0.717, 1.165) is 0 Å². The number of rotatable bonds is 5. The van der Waals surface area contributed by atoms with Crippen molar-refractivity contribution in [1.29, 1.82) is 0 Å². The lowest BCUT2D eigenvalue weighted by atomic mass is 10.2. The first kappa shape index (κ1) is 19.0. The number of tetrazole rings is 1. The van der Waals surface area contributed by atoms with Crippen LogP contribution < -0.4 is 15.6 Å². The molecule has 2 heterocycles. The van der Waals surface area contributed by atoms with Crippen LogP contribution in [0.4, 0.5) is 5.69 Å². The van der Waals surface area contributed by atoms with Crippen LogP contribution in [0.5, 0.6) is 5.75 Å². The van der Waals surface area contributed by atoms with E-state index >= 15 is 0 Å². The molecular formula is C20H17N7O3. The maximum absolute atomic E-state index is 12.8. The van der Waals surface area contributed by atoms with E-state index in [0.29, 0.717) is 28.6 Å². The lowest BCUT2D eigenvalue weighted by Crippen LogP contribution is -2.24. The van der Waals surface area contributed by atoms with Crippen LogP contribution in [-0.2, 0) is 0 Å². The number of nitrogens with zero attached hydrogens (tertiary/aromatic N) is 6. The van der Waals surface area contributed by atoms with Gasteiger partial charge < -0.3 is 10.1 Å². The van der Waals surface area contributed by atoms with Crippen LogP contribution in [0, 0.1) is 6.92 Å². The molecule has 0 radical (unpaired) electrons. The van der Waals surface area contributed by atoms with Crippen LogP contribution in [0.2, 0.25) is 0 Å². The number of anilines is 1. The number of carbonyl (C=O) groups excluding carboxylic acids is 1. The van der Waals surface area contributed by atoms with Crippen LogP contribution in [0.25, 0.3) is 11.4 Å². The average Bonchev–Trinajstić information content (AvgIpc) is 3.20. The molecule has 30 heavy (non-hydrogen) atoms. The largest absolute Gasteiger partial charge is 0.494 e. The highest BCUT2D eigenvalue weighted by Gasteiger charge is 2.15. The second-order valence-corrected chi connectivity index (χ2v) is 6.28. The Labute approximate surface area is 170 Å². The van der Waals surface area contributed by atoms with Crippen molar-refractivity contribution in [3.05, 3.63) is 82.5 Å². The van der Waals surface area contributed by atoms with Crippen LogP contribution in [0.15, 0.2) is 65.5 Å². The Morgan fingerprint density at radius 1 is 1.03 bits per heavy atom.